The number of benzene rings is 3. The van der Waals surface area contributed by atoms with E-state index < -0.39 is 0 Å². The number of ether oxygens (including phenoxy) is 1. The first-order valence-corrected chi connectivity index (χ1v) is 10.7. The Morgan fingerprint density at radius 2 is 1.55 bits per heavy atom. The Bertz CT molecular complexity index is 1360. The van der Waals surface area contributed by atoms with E-state index in [0.29, 0.717) is 24.0 Å². The molecule has 0 unspecified atom stereocenters. The summed E-state index contributed by atoms with van der Waals surface area (Å²) in [5, 5.41) is 12.6. The minimum Gasteiger partial charge on any atom is -0.438 e. The zero-order valence-electron chi connectivity index (χ0n) is 17.9. The first-order chi connectivity index (χ1) is 16.3. The number of carbonyl (C=O) groups excluding carboxylic acids is 1. The van der Waals surface area contributed by atoms with Crippen LogP contribution >= 0.6 is 0 Å². The SMILES string of the molecule is O=C(Cc1cn(-c2ccc(Oc3ccccc3)nn2)c2ccccc12)NCc1ccccc1. The van der Waals surface area contributed by atoms with E-state index in [-0.39, 0.29) is 12.3 Å². The zero-order chi connectivity index (χ0) is 22.5. The van der Waals surface area contributed by atoms with Gasteiger partial charge in [0.25, 0.3) is 0 Å². The zero-order valence-corrected chi connectivity index (χ0v) is 17.9. The second kappa shape index (κ2) is 9.36. The van der Waals surface area contributed by atoms with Crippen molar-refractivity contribution in [3.8, 4) is 17.4 Å². The van der Waals surface area contributed by atoms with Crippen molar-refractivity contribution in [2.75, 3.05) is 0 Å². The summed E-state index contributed by atoms with van der Waals surface area (Å²) in [4.78, 5) is 12.6. The van der Waals surface area contributed by atoms with Crippen LogP contribution in [0.25, 0.3) is 16.7 Å². The molecular weight excluding hydrogens is 412 g/mol. The lowest BCUT2D eigenvalue weighted by atomic mass is 10.1. The molecule has 1 amide bonds. The molecule has 6 heteroatoms. The molecule has 5 rings (SSSR count). The number of fused-ring (bicyclic) bond motifs is 1. The third-order valence-electron chi connectivity index (χ3n) is 5.32. The van der Waals surface area contributed by atoms with Crippen LogP contribution in [-0.2, 0) is 17.8 Å². The van der Waals surface area contributed by atoms with Gasteiger partial charge in [-0.15, -0.1) is 10.2 Å². The highest BCUT2D eigenvalue weighted by Crippen LogP contribution is 2.25. The van der Waals surface area contributed by atoms with Gasteiger partial charge in [-0.25, -0.2) is 0 Å². The highest BCUT2D eigenvalue weighted by atomic mass is 16.5. The summed E-state index contributed by atoms with van der Waals surface area (Å²) in [5.41, 5.74) is 2.97. The van der Waals surface area contributed by atoms with Crippen LogP contribution in [0.3, 0.4) is 0 Å². The highest BCUT2D eigenvalue weighted by Gasteiger charge is 2.14. The molecule has 3 aromatic carbocycles. The monoisotopic (exact) mass is 434 g/mol. The Hall–Kier alpha value is -4.45. The third-order valence-corrected chi connectivity index (χ3v) is 5.32. The molecule has 0 bridgehead atoms. The van der Waals surface area contributed by atoms with Crippen molar-refractivity contribution >= 4 is 16.8 Å². The summed E-state index contributed by atoms with van der Waals surface area (Å²) in [7, 11) is 0. The topological polar surface area (TPSA) is 69.0 Å². The van der Waals surface area contributed by atoms with Gasteiger partial charge in [-0.2, -0.15) is 0 Å². The summed E-state index contributed by atoms with van der Waals surface area (Å²) in [6.07, 6.45) is 2.23. The average molecular weight is 434 g/mol. The van der Waals surface area contributed by atoms with E-state index in [4.69, 9.17) is 4.74 Å². The molecule has 162 valence electrons. The van der Waals surface area contributed by atoms with Crippen molar-refractivity contribution in [1.29, 1.82) is 0 Å². The van der Waals surface area contributed by atoms with E-state index in [1.54, 1.807) is 6.07 Å². The van der Waals surface area contributed by atoms with Crippen molar-refractivity contribution in [2.24, 2.45) is 0 Å². The molecule has 5 aromatic rings. The molecule has 2 aromatic heterocycles. The van der Waals surface area contributed by atoms with Gasteiger partial charge in [0.05, 0.1) is 11.9 Å². The molecule has 0 fully saturated rings. The van der Waals surface area contributed by atoms with Crippen molar-refractivity contribution in [1.82, 2.24) is 20.1 Å². The van der Waals surface area contributed by atoms with Gasteiger partial charge in [-0.1, -0.05) is 66.7 Å². The normalized spacial score (nSPS) is 10.8. The minimum atomic E-state index is -0.0283. The molecule has 1 N–H and O–H groups in total. The maximum Gasteiger partial charge on any atom is 0.238 e. The van der Waals surface area contributed by atoms with E-state index in [9.17, 15) is 4.79 Å². The number of nitrogens with one attached hydrogen (secondary N) is 1. The van der Waals surface area contributed by atoms with E-state index in [1.165, 1.54) is 0 Å². The molecule has 0 aliphatic heterocycles. The molecule has 2 heterocycles. The van der Waals surface area contributed by atoms with Crippen LogP contribution in [0.1, 0.15) is 11.1 Å². The molecule has 6 nitrogen and oxygen atoms in total. The molecular formula is C27H22N4O2. The number of amides is 1. The number of hydrogen-bond donors (Lipinski definition) is 1. The van der Waals surface area contributed by atoms with Crippen molar-refractivity contribution in [3.05, 3.63) is 114 Å². The van der Waals surface area contributed by atoms with Gasteiger partial charge in [0, 0.05) is 24.2 Å². The fraction of sp³-hybridized carbons (Fsp3) is 0.0741. The second-order valence-corrected chi connectivity index (χ2v) is 7.63. The molecule has 0 aliphatic carbocycles. The number of aromatic nitrogens is 3. The Balaban J connectivity index is 1.35. The largest absolute Gasteiger partial charge is 0.438 e. The average Bonchev–Trinajstić information content (AvgIpc) is 3.23. The number of nitrogens with zero attached hydrogens (tertiary/aromatic N) is 3. The molecule has 0 radical (unpaired) electrons. The van der Waals surface area contributed by atoms with Crippen LogP contribution in [0, 0.1) is 0 Å². The summed E-state index contributed by atoms with van der Waals surface area (Å²) in [5.74, 6) is 1.75. The van der Waals surface area contributed by atoms with Crippen LogP contribution in [0.4, 0.5) is 0 Å². The standard InChI is InChI=1S/C27H22N4O2/c32-26(28-18-20-9-3-1-4-10-20)17-21-19-31(24-14-8-7-13-23(21)24)25-15-16-27(30-29-25)33-22-11-5-2-6-12-22/h1-16,19H,17-18H2,(H,28,32). The molecule has 0 spiro atoms. The van der Waals surface area contributed by atoms with Crippen LogP contribution in [0.2, 0.25) is 0 Å². The molecule has 0 atom stereocenters. The summed E-state index contributed by atoms with van der Waals surface area (Å²) >= 11 is 0. The van der Waals surface area contributed by atoms with E-state index in [1.807, 2.05) is 102 Å². The maximum absolute atomic E-state index is 12.6. The van der Waals surface area contributed by atoms with Gasteiger partial charge in [0.1, 0.15) is 5.75 Å². The van der Waals surface area contributed by atoms with Gasteiger partial charge < -0.3 is 10.1 Å². The fourth-order valence-corrected chi connectivity index (χ4v) is 3.72. The number of hydrogen-bond acceptors (Lipinski definition) is 4. The van der Waals surface area contributed by atoms with Crippen molar-refractivity contribution < 1.29 is 9.53 Å². The summed E-state index contributed by atoms with van der Waals surface area (Å²) in [6.45, 7) is 0.507. The van der Waals surface area contributed by atoms with E-state index in [2.05, 4.69) is 15.5 Å². The van der Waals surface area contributed by atoms with Gasteiger partial charge in [0.15, 0.2) is 5.82 Å². The summed E-state index contributed by atoms with van der Waals surface area (Å²) in [6, 6.07) is 31.0. The Labute approximate surface area is 191 Å². The van der Waals surface area contributed by atoms with Crippen molar-refractivity contribution in [3.63, 3.8) is 0 Å². The Morgan fingerprint density at radius 1 is 0.818 bits per heavy atom. The minimum absolute atomic E-state index is 0.0283. The lowest BCUT2D eigenvalue weighted by Gasteiger charge is -2.06. The van der Waals surface area contributed by atoms with Crippen molar-refractivity contribution in [2.45, 2.75) is 13.0 Å². The summed E-state index contributed by atoms with van der Waals surface area (Å²) < 4.78 is 7.69. The fourth-order valence-electron chi connectivity index (χ4n) is 3.72. The predicted molar refractivity (Wildman–Crippen MR) is 127 cm³/mol. The molecule has 33 heavy (non-hydrogen) atoms. The maximum atomic E-state index is 12.6. The van der Waals surface area contributed by atoms with Gasteiger partial charge in [0.2, 0.25) is 11.8 Å². The number of rotatable bonds is 7. The van der Waals surface area contributed by atoms with Crippen LogP contribution in [0.5, 0.6) is 11.6 Å². The Kier molecular flexibility index (Phi) is 5.80. The smallest absolute Gasteiger partial charge is 0.238 e. The third kappa shape index (κ3) is 4.75. The molecule has 0 aliphatic rings. The van der Waals surface area contributed by atoms with Gasteiger partial charge in [-0.3, -0.25) is 9.36 Å². The number of carbonyl (C=O) groups is 1. The predicted octanol–water partition coefficient (Wildman–Crippen LogP) is 5.07. The second-order valence-electron chi connectivity index (χ2n) is 7.63. The lowest BCUT2D eigenvalue weighted by molar-refractivity contribution is -0.120. The number of para-hydroxylation sites is 2. The lowest BCUT2D eigenvalue weighted by Crippen LogP contribution is -2.24. The van der Waals surface area contributed by atoms with Crippen LogP contribution < -0.4 is 10.1 Å². The van der Waals surface area contributed by atoms with Crippen LogP contribution in [-0.4, -0.2) is 20.7 Å². The van der Waals surface area contributed by atoms with Crippen LogP contribution in [0.15, 0.2) is 103 Å². The molecule has 0 saturated carbocycles. The van der Waals surface area contributed by atoms with Gasteiger partial charge in [-0.05, 0) is 35.4 Å². The Morgan fingerprint density at radius 3 is 2.30 bits per heavy atom. The van der Waals surface area contributed by atoms with E-state index >= 15 is 0 Å². The van der Waals surface area contributed by atoms with Gasteiger partial charge >= 0.3 is 0 Å². The first kappa shape index (κ1) is 20.5. The van der Waals surface area contributed by atoms with E-state index in [0.717, 1.165) is 22.0 Å². The first-order valence-electron chi connectivity index (χ1n) is 10.7. The quantitative estimate of drug-likeness (QED) is 0.388. The molecule has 0 saturated heterocycles. The highest BCUT2D eigenvalue weighted by molar-refractivity contribution is 5.90.